The summed E-state index contributed by atoms with van der Waals surface area (Å²) >= 11 is 0. The topological polar surface area (TPSA) is 66.5 Å². The highest BCUT2D eigenvalue weighted by atomic mass is 32.2. The molecule has 1 unspecified atom stereocenters. The molecule has 0 saturated carbocycles. The predicted molar refractivity (Wildman–Crippen MR) is 107 cm³/mol. The van der Waals surface area contributed by atoms with Crippen molar-refractivity contribution in [2.24, 2.45) is 0 Å². The Bertz CT molecular complexity index is 916. The van der Waals surface area contributed by atoms with Gasteiger partial charge < -0.3 is 5.32 Å². The maximum Gasteiger partial charge on any atom is 0.248 e. The molecule has 0 aliphatic heterocycles. The Balaban J connectivity index is 2.37. The van der Waals surface area contributed by atoms with E-state index in [1.807, 2.05) is 52.0 Å². The van der Waals surface area contributed by atoms with Crippen molar-refractivity contribution >= 4 is 27.3 Å². The monoisotopic (exact) mass is 374 g/mol. The zero-order chi connectivity index (χ0) is 19.6. The standard InChI is InChI=1S/C20H26N2O3S/c1-13-7-8-19(16(4)10-13)21-20(23)17(5)22(26(6,24)25)18-11-14(2)9-15(3)12-18/h7-12,17H,1-6H3,(H,21,23). The van der Waals surface area contributed by atoms with Crippen LogP contribution in [0.15, 0.2) is 36.4 Å². The zero-order valence-electron chi connectivity index (χ0n) is 16.1. The van der Waals surface area contributed by atoms with E-state index in [0.29, 0.717) is 11.4 Å². The fourth-order valence-electron chi connectivity index (χ4n) is 3.08. The van der Waals surface area contributed by atoms with Gasteiger partial charge in [-0.1, -0.05) is 23.8 Å². The second kappa shape index (κ2) is 7.50. The number of amides is 1. The molecule has 1 atom stereocenters. The zero-order valence-corrected chi connectivity index (χ0v) is 16.9. The largest absolute Gasteiger partial charge is 0.324 e. The minimum Gasteiger partial charge on any atom is -0.324 e. The van der Waals surface area contributed by atoms with Crippen LogP contribution in [-0.2, 0) is 14.8 Å². The Morgan fingerprint density at radius 2 is 1.54 bits per heavy atom. The van der Waals surface area contributed by atoms with Gasteiger partial charge in [-0.3, -0.25) is 9.10 Å². The molecule has 26 heavy (non-hydrogen) atoms. The van der Waals surface area contributed by atoms with Crippen molar-refractivity contribution in [3.63, 3.8) is 0 Å². The first-order valence-electron chi connectivity index (χ1n) is 8.45. The molecule has 6 heteroatoms. The average Bonchev–Trinajstić information content (AvgIpc) is 2.47. The molecule has 1 amide bonds. The van der Waals surface area contributed by atoms with E-state index in [4.69, 9.17) is 0 Å². The summed E-state index contributed by atoms with van der Waals surface area (Å²) in [6, 6.07) is 10.3. The summed E-state index contributed by atoms with van der Waals surface area (Å²) < 4.78 is 26.0. The van der Waals surface area contributed by atoms with Gasteiger partial charge in [-0.15, -0.1) is 0 Å². The number of carbonyl (C=O) groups excluding carboxylic acids is 1. The first kappa shape index (κ1) is 20.0. The Labute approximate surface area is 156 Å². The Morgan fingerprint density at radius 3 is 2.04 bits per heavy atom. The van der Waals surface area contributed by atoms with Crippen molar-refractivity contribution < 1.29 is 13.2 Å². The van der Waals surface area contributed by atoms with E-state index in [2.05, 4.69) is 5.32 Å². The summed E-state index contributed by atoms with van der Waals surface area (Å²) in [7, 11) is -3.63. The van der Waals surface area contributed by atoms with E-state index in [0.717, 1.165) is 28.5 Å². The molecule has 0 aliphatic rings. The fraction of sp³-hybridized carbons (Fsp3) is 0.350. The van der Waals surface area contributed by atoms with Gasteiger partial charge in [0.1, 0.15) is 6.04 Å². The minimum absolute atomic E-state index is 0.374. The van der Waals surface area contributed by atoms with Gasteiger partial charge in [-0.05, 0) is 69.5 Å². The van der Waals surface area contributed by atoms with E-state index < -0.39 is 16.1 Å². The maximum absolute atomic E-state index is 12.8. The Morgan fingerprint density at radius 1 is 0.962 bits per heavy atom. The third-order valence-electron chi connectivity index (χ3n) is 4.19. The molecular formula is C20H26N2O3S. The number of aryl methyl sites for hydroxylation is 4. The molecule has 0 saturated heterocycles. The number of benzene rings is 2. The van der Waals surface area contributed by atoms with Gasteiger partial charge in [0.15, 0.2) is 0 Å². The van der Waals surface area contributed by atoms with E-state index in [1.54, 1.807) is 19.1 Å². The van der Waals surface area contributed by atoms with Gasteiger partial charge in [-0.25, -0.2) is 8.42 Å². The minimum atomic E-state index is -3.63. The van der Waals surface area contributed by atoms with Crippen molar-refractivity contribution in [3.05, 3.63) is 58.7 Å². The number of nitrogens with zero attached hydrogens (tertiary/aromatic N) is 1. The highest BCUT2D eigenvalue weighted by Crippen LogP contribution is 2.25. The summed E-state index contributed by atoms with van der Waals surface area (Å²) in [5.41, 5.74) is 5.09. The molecule has 5 nitrogen and oxygen atoms in total. The van der Waals surface area contributed by atoms with Crippen LogP contribution in [0.1, 0.15) is 29.2 Å². The molecule has 140 valence electrons. The van der Waals surface area contributed by atoms with Crippen molar-refractivity contribution in [2.45, 2.75) is 40.7 Å². The second-order valence-corrected chi connectivity index (χ2v) is 8.75. The Kier molecular flexibility index (Phi) is 5.76. The van der Waals surface area contributed by atoms with Crippen LogP contribution >= 0.6 is 0 Å². The van der Waals surface area contributed by atoms with Gasteiger partial charge >= 0.3 is 0 Å². The van der Waals surface area contributed by atoms with Crippen LogP contribution < -0.4 is 9.62 Å². The Hall–Kier alpha value is -2.34. The summed E-state index contributed by atoms with van der Waals surface area (Å²) in [5, 5.41) is 2.84. The lowest BCUT2D eigenvalue weighted by molar-refractivity contribution is -0.116. The summed E-state index contributed by atoms with van der Waals surface area (Å²) in [6.45, 7) is 9.28. The lowest BCUT2D eigenvalue weighted by Gasteiger charge is -2.29. The van der Waals surface area contributed by atoms with Crippen LogP contribution in [0.4, 0.5) is 11.4 Å². The summed E-state index contributed by atoms with van der Waals surface area (Å²) in [6.07, 6.45) is 1.12. The highest BCUT2D eigenvalue weighted by Gasteiger charge is 2.29. The van der Waals surface area contributed by atoms with Crippen LogP contribution in [-0.4, -0.2) is 26.6 Å². The van der Waals surface area contributed by atoms with Crippen LogP contribution in [0.2, 0.25) is 0 Å². The molecule has 0 spiro atoms. The molecule has 0 radical (unpaired) electrons. The van der Waals surface area contributed by atoms with Crippen LogP contribution in [0.5, 0.6) is 0 Å². The van der Waals surface area contributed by atoms with Crippen molar-refractivity contribution in [1.82, 2.24) is 0 Å². The quantitative estimate of drug-likeness (QED) is 0.867. The van der Waals surface area contributed by atoms with Gasteiger partial charge in [0, 0.05) is 5.69 Å². The first-order valence-corrected chi connectivity index (χ1v) is 10.3. The van der Waals surface area contributed by atoms with Crippen molar-refractivity contribution in [2.75, 3.05) is 15.9 Å². The van der Waals surface area contributed by atoms with Gasteiger partial charge in [0.05, 0.1) is 11.9 Å². The summed E-state index contributed by atoms with van der Waals surface area (Å²) in [4.78, 5) is 12.8. The molecule has 0 aliphatic carbocycles. The molecule has 2 rings (SSSR count). The fourth-order valence-corrected chi connectivity index (χ4v) is 4.24. The molecule has 2 aromatic rings. The maximum atomic E-state index is 12.8. The number of hydrogen-bond donors (Lipinski definition) is 1. The third-order valence-corrected chi connectivity index (χ3v) is 5.43. The highest BCUT2D eigenvalue weighted by molar-refractivity contribution is 7.92. The van der Waals surface area contributed by atoms with Crippen molar-refractivity contribution in [3.8, 4) is 0 Å². The van der Waals surface area contributed by atoms with Crippen LogP contribution in [0.25, 0.3) is 0 Å². The number of rotatable bonds is 5. The summed E-state index contributed by atoms with van der Waals surface area (Å²) in [5.74, 6) is -0.374. The first-order chi connectivity index (χ1) is 12.0. The smallest absolute Gasteiger partial charge is 0.248 e. The van der Waals surface area contributed by atoms with Crippen LogP contribution in [0, 0.1) is 27.7 Å². The van der Waals surface area contributed by atoms with E-state index >= 15 is 0 Å². The van der Waals surface area contributed by atoms with Gasteiger partial charge in [-0.2, -0.15) is 0 Å². The average molecular weight is 375 g/mol. The number of carbonyl (C=O) groups is 1. The molecule has 0 aromatic heterocycles. The molecule has 0 heterocycles. The van der Waals surface area contributed by atoms with Gasteiger partial charge in [0.2, 0.25) is 15.9 Å². The van der Waals surface area contributed by atoms with E-state index in [1.165, 1.54) is 4.31 Å². The number of sulfonamides is 1. The van der Waals surface area contributed by atoms with Crippen LogP contribution in [0.3, 0.4) is 0 Å². The molecule has 2 aromatic carbocycles. The molecular weight excluding hydrogens is 348 g/mol. The molecule has 0 bridgehead atoms. The van der Waals surface area contributed by atoms with E-state index in [9.17, 15) is 13.2 Å². The number of anilines is 2. The molecule has 0 fully saturated rings. The lowest BCUT2D eigenvalue weighted by Crippen LogP contribution is -2.45. The van der Waals surface area contributed by atoms with Crippen molar-refractivity contribution in [1.29, 1.82) is 0 Å². The lowest BCUT2D eigenvalue weighted by atomic mass is 10.1. The van der Waals surface area contributed by atoms with Gasteiger partial charge in [0.25, 0.3) is 0 Å². The SMILES string of the molecule is Cc1cc(C)cc(N(C(C)C(=O)Nc2ccc(C)cc2C)S(C)(=O)=O)c1. The number of nitrogens with one attached hydrogen (secondary N) is 1. The second-order valence-electron chi connectivity index (χ2n) is 6.89. The predicted octanol–water partition coefficient (Wildman–Crippen LogP) is 3.71. The number of hydrogen-bond acceptors (Lipinski definition) is 3. The normalized spacial score (nSPS) is 12.5. The molecule has 1 N–H and O–H groups in total. The third kappa shape index (κ3) is 4.64. The van der Waals surface area contributed by atoms with E-state index in [-0.39, 0.29) is 5.91 Å².